The van der Waals surface area contributed by atoms with Gasteiger partial charge in [0, 0.05) is 6.54 Å². The van der Waals surface area contributed by atoms with Crippen LogP contribution in [-0.2, 0) is 11.3 Å². The third-order valence-corrected chi connectivity index (χ3v) is 4.38. The maximum atomic E-state index is 11.9. The molecule has 112 valence electrons. The molecule has 1 heterocycles. The minimum Gasteiger partial charge on any atom is -0.460 e. The first-order valence-corrected chi connectivity index (χ1v) is 7.72. The van der Waals surface area contributed by atoms with Gasteiger partial charge in [0.15, 0.2) is 0 Å². The standard InChI is InChI=1S/C15H25N3O2/c1-4-12-6-8-13(9-7-12)10-18-11(3)16-17-14(18)15(19)20-5-2/h12-13H,4-10H2,1-3H3. The summed E-state index contributed by atoms with van der Waals surface area (Å²) < 4.78 is 6.97. The molecular weight excluding hydrogens is 254 g/mol. The fourth-order valence-corrected chi connectivity index (χ4v) is 3.03. The van der Waals surface area contributed by atoms with Gasteiger partial charge in [-0.3, -0.25) is 0 Å². The molecule has 5 nitrogen and oxygen atoms in total. The molecule has 1 aromatic heterocycles. The Morgan fingerprint density at radius 3 is 2.45 bits per heavy atom. The highest BCUT2D eigenvalue weighted by Crippen LogP contribution is 2.31. The summed E-state index contributed by atoms with van der Waals surface area (Å²) in [7, 11) is 0. The third-order valence-electron chi connectivity index (χ3n) is 4.38. The van der Waals surface area contributed by atoms with E-state index in [1.54, 1.807) is 6.92 Å². The van der Waals surface area contributed by atoms with E-state index in [-0.39, 0.29) is 5.97 Å². The Morgan fingerprint density at radius 2 is 1.85 bits per heavy atom. The zero-order valence-electron chi connectivity index (χ0n) is 12.8. The van der Waals surface area contributed by atoms with Gasteiger partial charge in [0.1, 0.15) is 5.82 Å². The predicted octanol–water partition coefficient (Wildman–Crippen LogP) is 2.98. The summed E-state index contributed by atoms with van der Waals surface area (Å²) in [5.41, 5.74) is 0. The van der Waals surface area contributed by atoms with Crippen LogP contribution in [0.4, 0.5) is 0 Å². The number of carbonyl (C=O) groups excluding carboxylic acids is 1. The third kappa shape index (κ3) is 3.38. The largest absolute Gasteiger partial charge is 0.460 e. The molecule has 1 aliphatic rings. The summed E-state index contributed by atoms with van der Waals surface area (Å²) in [6.45, 7) is 7.18. The Hall–Kier alpha value is -1.39. The maximum Gasteiger partial charge on any atom is 0.376 e. The molecular formula is C15H25N3O2. The first kappa shape index (κ1) is 15.0. The monoisotopic (exact) mass is 279 g/mol. The lowest BCUT2D eigenvalue weighted by Gasteiger charge is -2.28. The van der Waals surface area contributed by atoms with Gasteiger partial charge in [-0.05, 0) is 38.5 Å². The number of hydrogen-bond donors (Lipinski definition) is 0. The molecule has 0 bridgehead atoms. The van der Waals surface area contributed by atoms with E-state index in [1.807, 2.05) is 11.5 Å². The highest BCUT2D eigenvalue weighted by atomic mass is 16.5. The second kappa shape index (κ2) is 6.86. The van der Waals surface area contributed by atoms with Crippen LogP contribution < -0.4 is 0 Å². The number of carbonyl (C=O) groups is 1. The van der Waals surface area contributed by atoms with E-state index in [0.717, 1.165) is 18.3 Å². The van der Waals surface area contributed by atoms with Crippen molar-refractivity contribution < 1.29 is 9.53 Å². The van der Waals surface area contributed by atoms with E-state index in [4.69, 9.17) is 4.74 Å². The summed E-state index contributed by atoms with van der Waals surface area (Å²) in [5.74, 6) is 2.29. The van der Waals surface area contributed by atoms with E-state index < -0.39 is 0 Å². The topological polar surface area (TPSA) is 57.0 Å². The van der Waals surface area contributed by atoms with E-state index in [9.17, 15) is 4.79 Å². The van der Waals surface area contributed by atoms with Crippen LogP contribution in [0.25, 0.3) is 0 Å². The summed E-state index contributed by atoms with van der Waals surface area (Å²) >= 11 is 0. The number of ether oxygens (including phenoxy) is 1. The summed E-state index contributed by atoms with van der Waals surface area (Å²) in [5, 5.41) is 8.00. The Balaban J connectivity index is 2.02. The van der Waals surface area contributed by atoms with Crippen molar-refractivity contribution in [1.29, 1.82) is 0 Å². The molecule has 0 amide bonds. The molecule has 0 atom stereocenters. The van der Waals surface area contributed by atoms with Crippen LogP contribution in [0.2, 0.25) is 0 Å². The average molecular weight is 279 g/mol. The van der Waals surface area contributed by atoms with E-state index >= 15 is 0 Å². The van der Waals surface area contributed by atoms with Crippen LogP contribution in [0, 0.1) is 18.8 Å². The van der Waals surface area contributed by atoms with Crippen LogP contribution in [0.1, 0.15) is 62.4 Å². The number of nitrogens with zero attached hydrogens (tertiary/aromatic N) is 3. The highest BCUT2D eigenvalue weighted by molar-refractivity contribution is 5.85. The first-order chi connectivity index (χ1) is 9.65. The Labute approximate surface area is 120 Å². The van der Waals surface area contributed by atoms with E-state index in [1.165, 1.54) is 32.1 Å². The Bertz CT molecular complexity index is 448. The second-order valence-corrected chi connectivity index (χ2v) is 5.70. The van der Waals surface area contributed by atoms with Crippen molar-refractivity contribution in [2.75, 3.05) is 6.61 Å². The van der Waals surface area contributed by atoms with Gasteiger partial charge in [-0.1, -0.05) is 26.2 Å². The molecule has 0 saturated heterocycles. The van der Waals surface area contributed by atoms with Crippen LogP contribution in [0.15, 0.2) is 0 Å². The molecule has 1 fully saturated rings. The molecule has 0 radical (unpaired) electrons. The first-order valence-electron chi connectivity index (χ1n) is 7.72. The quantitative estimate of drug-likeness (QED) is 0.777. The zero-order valence-corrected chi connectivity index (χ0v) is 12.8. The number of aryl methyl sites for hydroxylation is 1. The molecule has 1 aromatic rings. The van der Waals surface area contributed by atoms with Crippen molar-refractivity contribution in [1.82, 2.24) is 14.8 Å². The molecule has 2 rings (SSSR count). The SMILES string of the molecule is CCOC(=O)c1nnc(C)n1CC1CCC(CC)CC1. The van der Waals surface area contributed by atoms with Crippen LogP contribution in [0.5, 0.6) is 0 Å². The Kier molecular flexibility index (Phi) is 5.15. The van der Waals surface area contributed by atoms with Crippen molar-refractivity contribution in [2.45, 2.75) is 59.4 Å². The Morgan fingerprint density at radius 1 is 1.20 bits per heavy atom. The minimum atomic E-state index is -0.365. The predicted molar refractivity (Wildman–Crippen MR) is 76.5 cm³/mol. The molecule has 5 heteroatoms. The molecule has 20 heavy (non-hydrogen) atoms. The average Bonchev–Trinajstić information content (AvgIpc) is 2.81. The van der Waals surface area contributed by atoms with Gasteiger partial charge in [0.05, 0.1) is 6.61 Å². The number of aromatic nitrogens is 3. The highest BCUT2D eigenvalue weighted by Gasteiger charge is 2.24. The number of hydrogen-bond acceptors (Lipinski definition) is 4. The molecule has 0 aliphatic heterocycles. The van der Waals surface area contributed by atoms with Gasteiger partial charge in [-0.15, -0.1) is 10.2 Å². The number of esters is 1. The lowest BCUT2D eigenvalue weighted by atomic mass is 9.81. The second-order valence-electron chi connectivity index (χ2n) is 5.70. The van der Waals surface area contributed by atoms with Crippen LogP contribution >= 0.6 is 0 Å². The van der Waals surface area contributed by atoms with E-state index in [2.05, 4.69) is 17.1 Å². The molecule has 0 N–H and O–H groups in total. The number of rotatable bonds is 5. The van der Waals surface area contributed by atoms with Crippen molar-refractivity contribution in [3.05, 3.63) is 11.6 Å². The minimum absolute atomic E-state index is 0.349. The van der Waals surface area contributed by atoms with Crippen molar-refractivity contribution in [3.8, 4) is 0 Å². The fraction of sp³-hybridized carbons (Fsp3) is 0.800. The summed E-state index contributed by atoms with van der Waals surface area (Å²) in [6, 6.07) is 0. The molecule has 0 aromatic carbocycles. The lowest BCUT2D eigenvalue weighted by molar-refractivity contribution is 0.0503. The van der Waals surface area contributed by atoms with Gasteiger partial charge in [-0.25, -0.2) is 4.79 Å². The molecule has 1 aliphatic carbocycles. The van der Waals surface area contributed by atoms with Gasteiger partial charge in [-0.2, -0.15) is 0 Å². The normalized spacial score (nSPS) is 22.8. The fourth-order valence-electron chi connectivity index (χ4n) is 3.03. The van der Waals surface area contributed by atoms with Gasteiger partial charge >= 0.3 is 5.97 Å². The summed E-state index contributed by atoms with van der Waals surface area (Å²) in [4.78, 5) is 11.9. The van der Waals surface area contributed by atoms with Crippen LogP contribution in [-0.4, -0.2) is 27.3 Å². The lowest BCUT2D eigenvalue weighted by Crippen LogP contribution is -2.22. The molecule has 1 saturated carbocycles. The maximum absolute atomic E-state index is 11.9. The van der Waals surface area contributed by atoms with E-state index in [0.29, 0.717) is 18.3 Å². The summed E-state index contributed by atoms with van der Waals surface area (Å²) in [6.07, 6.45) is 6.36. The molecule has 0 unspecified atom stereocenters. The van der Waals surface area contributed by atoms with Crippen molar-refractivity contribution in [2.24, 2.45) is 11.8 Å². The van der Waals surface area contributed by atoms with Crippen LogP contribution in [0.3, 0.4) is 0 Å². The van der Waals surface area contributed by atoms with Gasteiger partial charge < -0.3 is 9.30 Å². The van der Waals surface area contributed by atoms with Crippen molar-refractivity contribution in [3.63, 3.8) is 0 Å². The van der Waals surface area contributed by atoms with Gasteiger partial charge in [0.25, 0.3) is 0 Å². The zero-order chi connectivity index (χ0) is 14.5. The van der Waals surface area contributed by atoms with Gasteiger partial charge in [0.2, 0.25) is 5.82 Å². The smallest absolute Gasteiger partial charge is 0.376 e. The molecule has 0 spiro atoms. The van der Waals surface area contributed by atoms with Crippen molar-refractivity contribution >= 4 is 5.97 Å².